The number of carbonyl (C=O) groups is 1. The number of benzene rings is 2. The predicted molar refractivity (Wildman–Crippen MR) is 144 cm³/mol. The highest BCUT2D eigenvalue weighted by Crippen LogP contribution is 2.22. The molecule has 3 N–H and O–H groups in total. The van der Waals surface area contributed by atoms with Crippen molar-refractivity contribution in [3.8, 4) is 0 Å². The fraction of sp³-hybridized carbons (Fsp3) is 0.333. The van der Waals surface area contributed by atoms with Gasteiger partial charge in [0.25, 0.3) is 10.0 Å². The topological polar surface area (TPSA) is 115 Å². The zero-order valence-corrected chi connectivity index (χ0v) is 21.9. The molecule has 10 heteroatoms. The largest absolute Gasteiger partial charge is 0.387 e. The van der Waals surface area contributed by atoms with Crippen LogP contribution in [0.5, 0.6) is 0 Å². The fourth-order valence-electron chi connectivity index (χ4n) is 4.13. The fourth-order valence-corrected chi connectivity index (χ4v) is 5.20. The van der Waals surface area contributed by atoms with Gasteiger partial charge in [-0.3, -0.25) is 9.62 Å². The summed E-state index contributed by atoms with van der Waals surface area (Å²) in [4.78, 5) is 20.7. The molecule has 37 heavy (non-hydrogen) atoms. The van der Waals surface area contributed by atoms with Crippen molar-refractivity contribution in [1.29, 1.82) is 0 Å². The molecule has 1 atom stereocenters. The number of nitrogens with zero attached hydrogens (tertiary/aromatic N) is 3. The Morgan fingerprint density at radius 1 is 1.03 bits per heavy atom. The molecule has 1 aromatic heterocycles. The van der Waals surface area contributed by atoms with Gasteiger partial charge in [-0.05, 0) is 62.2 Å². The van der Waals surface area contributed by atoms with E-state index in [4.69, 9.17) is 0 Å². The van der Waals surface area contributed by atoms with E-state index in [1.807, 2.05) is 36.9 Å². The molecule has 3 aromatic rings. The maximum absolute atomic E-state index is 12.8. The summed E-state index contributed by atoms with van der Waals surface area (Å²) < 4.78 is 27.8. The summed E-state index contributed by atoms with van der Waals surface area (Å²) >= 11 is 0. The smallest absolute Gasteiger partial charge is 0.325 e. The van der Waals surface area contributed by atoms with Crippen LogP contribution in [0.1, 0.15) is 31.9 Å². The Morgan fingerprint density at radius 2 is 1.78 bits per heavy atom. The number of β-amino-alcohol motifs (C(OH)–C–C–N with tert-alkyl or cyclic N) is 1. The number of aliphatic hydroxyl groups is 1. The van der Waals surface area contributed by atoms with Crippen molar-refractivity contribution in [1.82, 2.24) is 15.2 Å². The maximum atomic E-state index is 12.8. The molecule has 1 aliphatic rings. The molecule has 196 valence electrons. The Labute approximate surface area is 218 Å². The Hall–Kier alpha value is -3.47. The SMILES string of the molecule is CC(C)(CCN1CCN(c2ccccn2)C1=O)NCC(O)c1cccc(NS(=O)(=O)c2ccccc2)c1. The minimum absolute atomic E-state index is 0.0516. The molecule has 1 saturated heterocycles. The highest BCUT2D eigenvalue weighted by Gasteiger charge is 2.31. The van der Waals surface area contributed by atoms with Gasteiger partial charge in [0.1, 0.15) is 5.82 Å². The number of sulfonamides is 1. The third-order valence-electron chi connectivity index (χ3n) is 6.38. The van der Waals surface area contributed by atoms with Crippen molar-refractivity contribution < 1.29 is 18.3 Å². The first-order valence-corrected chi connectivity index (χ1v) is 13.7. The van der Waals surface area contributed by atoms with Gasteiger partial charge in [0.2, 0.25) is 0 Å². The molecular weight excluding hydrogens is 490 g/mol. The quantitative estimate of drug-likeness (QED) is 0.354. The van der Waals surface area contributed by atoms with Crippen molar-refractivity contribution >= 4 is 27.6 Å². The lowest BCUT2D eigenvalue weighted by atomic mass is 9.99. The van der Waals surface area contributed by atoms with Gasteiger partial charge >= 0.3 is 6.03 Å². The van der Waals surface area contributed by atoms with Gasteiger partial charge in [0.15, 0.2) is 0 Å². The molecule has 1 unspecified atom stereocenters. The van der Waals surface area contributed by atoms with Gasteiger partial charge in [-0.2, -0.15) is 0 Å². The second kappa shape index (κ2) is 11.3. The van der Waals surface area contributed by atoms with E-state index < -0.39 is 16.1 Å². The molecular formula is C27H33N5O4S. The van der Waals surface area contributed by atoms with E-state index >= 15 is 0 Å². The highest BCUT2D eigenvalue weighted by molar-refractivity contribution is 7.92. The van der Waals surface area contributed by atoms with Crippen LogP contribution in [0, 0.1) is 0 Å². The van der Waals surface area contributed by atoms with Crippen LogP contribution in [0.15, 0.2) is 83.9 Å². The molecule has 1 aliphatic heterocycles. The first-order chi connectivity index (χ1) is 17.6. The Kier molecular flexibility index (Phi) is 8.11. The minimum Gasteiger partial charge on any atom is -0.387 e. The lowest BCUT2D eigenvalue weighted by Crippen LogP contribution is -2.44. The Bertz CT molecular complexity index is 1300. The summed E-state index contributed by atoms with van der Waals surface area (Å²) in [6.07, 6.45) is 1.53. The monoisotopic (exact) mass is 523 g/mol. The van der Waals surface area contributed by atoms with Gasteiger partial charge < -0.3 is 15.3 Å². The number of pyridine rings is 1. The van der Waals surface area contributed by atoms with E-state index in [9.17, 15) is 18.3 Å². The predicted octanol–water partition coefficient (Wildman–Crippen LogP) is 3.62. The first kappa shape index (κ1) is 26.6. The summed E-state index contributed by atoms with van der Waals surface area (Å²) in [5.41, 5.74) is 0.633. The van der Waals surface area contributed by atoms with Gasteiger partial charge in [-0.1, -0.05) is 36.4 Å². The van der Waals surface area contributed by atoms with Crippen LogP contribution in [0.4, 0.5) is 16.3 Å². The number of nitrogens with one attached hydrogen (secondary N) is 2. The third-order valence-corrected chi connectivity index (χ3v) is 7.78. The van der Waals surface area contributed by atoms with Crippen molar-refractivity contribution in [3.63, 3.8) is 0 Å². The number of hydrogen-bond donors (Lipinski definition) is 3. The van der Waals surface area contributed by atoms with Crippen molar-refractivity contribution in [2.45, 2.75) is 36.8 Å². The van der Waals surface area contributed by atoms with Crippen LogP contribution in [0.3, 0.4) is 0 Å². The number of urea groups is 1. The number of anilines is 2. The van der Waals surface area contributed by atoms with Crippen molar-refractivity contribution in [2.24, 2.45) is 0 Å². The van der Waals surface area contributed by atoms with Crippen LogP contribution in [-0.2, 0) is 10.0 Å². The molecule has 0 radical (unpaired) electrons. The molecule has 0 bridgehead atoms. The van der Waals surface area contributed by atoms with Crippen LogP contribution in [0.2, 0.25) is 0 Å². The molecule has 0 spiro atoms. The summed E-state index contributed by atoms with van der Waals surface area (Å²) in [6.45, 7) is 6.15. The van der Waals surface area contributed by atoms with Gasteiger partial charge in [0.05, 0.1) is 11.0 Å². The molecule has 2 heterocycles. The lowest BCUT2D eigenvalue weighted by Gasteiger charge is -2.30. The van der Waals surface area contributed by atoms with Crippen LogP contribution >= 0.6 is 0 Å². The highest BCUT2D eigenvalue weighted by atomic mass is 32.2. The average Bonchev–Trinajstić information content (AvgIpc) is 3.27. The molecule has 4 rings (SSSR count). The first-order valence-electron chi connectivity index (χ1n) is 12.2. The molecule has 2 aromatic carbocycles. The standard InChI is InChI=1S/C27H33N5O4S/c1-27(2,14-16-31-17-18-32(26(31)34)25-13-6-7-15-28-25)29-20-24(33)21-9-8-10-22(19-21)30-37(35,36)23-11-4-3-5-12-23/h3-13,15,19,24,29-30,33H,14,16-18,20H2,1-2H3. The molecule has 0 aliphatic carbocycles. The minimum atomic E-state index is -3.72. The number of amides is 2. The van der Waals surface area contributed by atoms with Crippen LogP contribution < -0.4 is 14.9 Å². The second-order valence-corrected chi connectivity index (χ2v) is 11.4. The molecule has 1 fully saturated rings. The van der Waals surface area contributed by atoms with E-state index in [0.717, 1.165) is 0 Å². The lowest BCUT2D eigenvalue weighted by molar-refractivity contribution is 0.156. The summed E-state index contributed by atoms with van der Waals surface area (Å²) in [5, 5.41) is 14.2. The van der Waals surface area contributed by atoms with Crippen molar-refractivity contribution in [2.75, 3.05) is 35.8 Å². The Morgan fingerprint density at radius 3 is 2.51 bits per heavy atom. The van der Waals surface area contributed by atoms with Crippen molar-refractivity contribution in [3.05, 3.63) is 84.6 Å². The van der Waals surface area contributed by atoms with E-state index in [-0.39, 0.29) is 23.0 Å². The maximum Gasteiger partial charge on any atom is 0.325 e. The number of rotatable bonds is 11. The molecule has 9 nitrogen and oxygen atoms in total. The zero-order valence-electron chi connectivity index (χ0n) is 21.0. The number of hydrogen-bond acceptors (Lipinski definition) is 6. The number of carbonyl (C=O) groups excluding carboxylic acids is 1. The summed E-state index contributed by atoms with van der Waals surface area (Å²) in [5.74, 6) is 0.656. The van der Waals surface area contributed by atoms with E-state index in [0.29, 0.717) is 43.1 Å². The van der Waals surface area contributed by atoms with Gasteiger partial charge in [-0.25, -0.2) is 18.2 Å². The van der Waals surface area contributed by atoms with E-state index in [1.54, 1.807) is 53.6 Å². The number of aliphatic hydroxyl groups excluding tert-OH is 1. The Balaban J connectivity index is 1.29. The van der Waals surface area contributed by atoms with E-state index in [1.165, 1.54) is 12.1 Å². The van der Waals surface area contributed by atoms with Gasteiger partial charge in [0, 0.05) is 43.6 Å². The molecule has 0 saturated carbocycles. The zero-order chi connectivity index (χ0) is 26.5. The summed E-state index contributed by atoms with van der Waals surface area (Å²) in [7, 11) is -3.72. The molecule has 2 amide bonds. The van der Waals surface area contributed by atoms with Crippen LogP contribution in [0.25, 0.3) is 0 Å². The normalized spacial score (nSPS) is 15.2. The van der Waals surface area contributed by atoms with Gasteiger partial charge in [-0.15, -0.1) is 0 Å². The summed E-state index contributed by atoms with van der Waals surface area (Å²) in [6, 6.07) is 20.4. The third kappa shape index (κ3) is 6.85. The van der Waals surface area contributed by atoms with Crippen LogP contribution in [-0.4, -0.2) is 61.2 Å². The van der Waals surface area contributed by atoms with E-state index in [2.05, 4.69) is 15.0 Å². The number of aromatic nitrogens is 1. The second-order valence-electron chi connectivity index (χ2n) is 9.68. The average molecular weight is 524 g/mol.